The van der Waals surface area contributed by atoms with Gasteiger partial charge in [-0.2, -0.15) is 0 Å². The van der Waals surface area contributed by atoms with Crippen LogP contribution in [0.1, 0.15) is 19.8 Å². The van der Waals surface area contributed by atoms with Crippen LogP contribution in [0.2, 0.25) is 10.0 Å². The van der Waals surface area contributed by atoms with Gasteiger partial charge in [0.05, 0.1) is 10.0 Å². The molecule has 0 aliphatic heterocycles. The van der Waals surface area contributed by atoms with Crippen LogP contribution < -0.4 is 4.74 Å². The number of halogens is 2. The van der Waals surface area contributed by atoms with Crippen molar-refractivity contribution in [3.05, 3.63) is 28.2 Å². The predicted octanol–water partition coefficient (Wildman–Crippen LogP) is 3.72. The zero-order valence-corrected chi connectivity index (χ0v) is 11.1. The summed E-state index contributed by atoms with van der Waals surface area (Å²) in [7, 11) is 0. The Morgan fingerprint density at radius 1 is 1.29 bits per heavy atom. The third-order valence-corrected chi connectivity index (χ3v) is 2.60. The van der Waals surface area contributed by atoms with Crippen LogP contribution in [-0.4, -0.2) is 19.2 Å². The van der Waals surface area contributed by atoms with E-state index >= 15 is 0 Å². The molecular formula is C12H14Cl2O3. The fourth-order valence-corrected chi connectivity index (χ4v) is 1.68. The van der Waals surface area contributed by atoms with E-state index in [2.05, 4.69) is 0 Å². The molecule has 3 nitrogen and oxygen atoms in total. The first-order valence-corrected chi connectivity index (χ1v) is 6.13. The maximum atomic E-state index is 11.5. The van der Waals surface area contributed by atoms with E-state index in [1.165, 1.54) is 0 Å². The van der Waals surface area contributed by atoms with Gasteiger partial charge in [-0.15, -0.1) is 0 Å². The first-order chi connectivity index (χ1) is 8.15. The average Bonchev–Trinajstić information content (AvgIpc) is 2.30. The average molecular weight is 277 g/mol. The van der Waals surface area contributed by atoms with Gasteiger partial charge >= 0.3 is 5.97 Å². The lowest BCUT2D eigenvalue weighted by Gasteiger charge is -2.07. The Bertz CT molecular complexity index is 360. The van der Waals surface area contributed by atoms with Crippen LogP contribution in [-0.2, 0) is 9.53 Å². The molecular weight excluding hydrogens is 263 g/mol. The Labute approximate surface area is 111 Å². The molecule has 1 aromatic carbocycles. The molecule has 1 aromatic rings. The Hall–Kier alpha value is -0.770. The van der Waals surface area contributed by atoms with E-state index in [1.54, 1.807) is 18.2 Å². The summed E-state index contributed by atoms with van der Waals surface area (Å²) in [6.45, 7) is 3.09. The maximum Gasteiger partial charge on any atom is 0.311 e. The summed E-state index contributed by atoms with van der Waals surface area (Å²) in [5.41, 5.74) is 0. The van der Waals surface area contributed by atoms with Crippen molar-refractivity contribution >= 4 is 29.2 Å². The van der Waals surface area contributed by atoms with E-state index in [-0.39, 0.29) is 18.1 Å². The maximum absolute atomic E-state index is 11.5. The summed E-state index contributed by atoms with van der Waals surface area (Å²) in [6.07, 6.45) is 0.899. The Kier molecular flexibility index (Phi) is 6.34. The molecule has 0 aliphatic rings. The second-order valence-corrected chi connectivity index (χ2v) is 4.14. The number of carbonyl (C=O) groups excluding carboxylic acids is 1. The Morgan fingerprint density at radius 2 is 1.94 bits per heavy atom. The Morgan fingerprint density at radius 3 is 2.53 bits per heavy atom. The van der Waals surface area contributed by atoms with Crippen molar-refractivity contribution in [2.75, 3.05) is 13.2 Å². The molecule has 0 bridgehead atoms. The largest absolute Gasteiger partial charge is 0.423 e. The van der Waals surface area contributed by atoms with Crippen molar-refractivity contribution in [1.82, 2.24) is 0 Å². The monoisotopic (exact) mass is 276 g/mol. The molecule has 5 heteroatoms. The topological polar surface area (TPSA) is 35.5 Å². The molecule has 0 saturated heterocycles. The highest BCUT2D eigenvalue weighted by Gasteiger charge is 2.11. The first-order valence-electron chi connectivity index (χ1n) is 5.37. The predicted molar refractivity (Wildman–Crippen MR) is 67.8 cm³/mol. The minimum Gasteiger partial charge on any atom is -0.423 e. The molecule has 0 heterocycles. The van der Waals surface area contributed by atoms with E-state index in [0.717, 1.165) is 0 Å². The molecule has 0 aromatic heterocycles. The number of carbonyl (C=O) groups is 1. The van der Waals surface area contributed by atoms with Crippen molar-refractivity contribution in [2.45, 2.75) is 19.8 Å². The highest BCUT2D eigenvalue weighted by molar-refractivity contribution is 6.37. The lowest BCUT2D eigenvalue weighted by atomic mass is 10.3. The van der Waals surface area contributed by atoms with Gasteiger partial charge in [-0.3, -0.25) is 4.79 Å². The summed E-state index contributed by atoms with van der Waals surface area (Å²) in [5, 5.41) is 0.659. The fraction of sp³-hybridized carbons (Fsp3) is 0.417. The zero-order chi connectivity index (χ0) is 12.7. The molecule has 0 fully saturated rings. The van der Waals surface area contributed by atoms with Gasteiger partial charge in [0.15, 0.2) is 5.75 Å². The third kappa shape index (κ3) is 4.94. The van der Waals surface area contributed by atoms with Gasteiger partial charge in [0.2, 0.25) is 0 Å². The van der Waals surface area contributed by atoms with E-state index < -0.39 is 0 Å². The van der Waals surface area contributed by atoms with E-state index in [4.69, 9.17) is 32.7 Å². The molecule has 0 atom stereocenters. The van der Waals surface area contributed by atoms with Crippen LogP contribution in [0.3, 0.4) is 0 Å². The van der Waals surface area contributed by atoms with Gasteiger partial charge in [-0.1, -0.05) is 29.3 Å². The molecule has 1 rings (SSSR count). The van der Waals surface area contributed by atoms with Gasteiger partial charge in [-0.05, 0) is 25.5 Å². The Balaban J connectivity index is 2.45. The molecule has 0 aliphatic carbocycles. The van der Waals surface area contributed by atoms with Crippen molar-refractivity contribution in [1.29, 1.82) is 0 Å². The van der Waals surface area contributed by atoms with Crippen molar-refractivity contribution in [3.63, 3.8) is 0 Å². The quantitative estimate of drug-likeness (QED) is 0.451. The molecule has 0 N–H and O–H groups in total. The molecule has 0 amide bonds. The molecule has 94 valence electrons. The van der Waals surface area contributed by atoms with Crippen molar-refractivity contribution in [2.24, 2.45) is 0 Å². The van der Waals surface area contributed by atoms with E-state index in [0.29, 0.717) is 29.7 Å². The second kappa shape index (κ2) is 7.54. The van der Waals surface area contributed by atoms with Crippen LogP contribution in [0.5, 0.6) is 5.75 Å². The summed E-state index contributed by atoms with van der Waals surface area (Å²) < 4.78 is 10.2. The number of hydrogen-bond acceptors (Lipinski definition) is 3. The minimum absolute atomic E-state index is 0.220. The lowest BCUT2D eigenvalue weighted by Crippen LogP contribution is -2.09. The van der Waals surface area contributed by atoms with E-state index in [1.807, 2.05) is 6.92 Å². The van der Waals surface area contributed by atoms with E-state index in [9.17, 15) is 4.79 Å². The van der Waals surface area contributed by atoms with Crippen molar-refractivity contribution in [3.8, 4) is 5.75 Å². The van der Waals surface area contributed by atoms with Crippen LogP contribution in [0, 0.1) is 0 Å². The van der Waals surface area contributed by atoms with Gasteiger partial charge in [0.25, 0.3) is 0 Å². The molecule has 0 radical (unpaired) electrons. The number of rotatable bonds is 6. The number of hydrogen-bond donors (Lipinski definition) is 0. The van der Waals surface area contributed by atoms with Gasteiger partial charge in [0.1, 0.15) is 0 Å². The van der Waals surface area contributed by atoms with Crippen LogP contribution in [0.25, 0.3) is 0 Å². The molecule has 0 saturated carbocycles. The standard InChI is InChI=1S/C12H14Cl2O3/c1-2-16-8-4-7-11(15)17-12-9(13)5-3-6-10(12)14/h3,5-6H,2,4,7-8H2,1H3. The number of ether oxygens (including phenoxy) is 2. The summed E-state index contributed by atoms with van der Waals surface area (Å²) in [4.78, 5) is 11.5. The third-order valence-electron chi connectivity index (χ3n) is 2.01. The summed E-state index contributed by atoms with van der Waals surface area (Å²) in [5.74, 6) is -0.142. The molecule has 17 heavy (non-hydrogen) atoms. The smallest absolute Gasteiger partial charge is 0.311 e. The zero-order valence-electron chi connectivity index (χ0n) is 9.54. The highest BCUT2D eigenvalue weighted by atomic mass is 35.5. The molecule has 0 unspecified atom stereocenters. The lowest BCUT2D eigenvalue weighted by molar-refractivity contribution is -0.134. The first kappa shape index (κ1) is 14.3. The SMILES string of the molecule is CCOCCCC(=O)Oc1c(Cl)cccc1Cl. The van der Waals surface area contributed by atoms with Crippen LogP contribution in [0.4, 0.5) is 0 Å². The highest BCUT2D eigenvalue weighted by Crippen LogP contribution is 2.32. The number of para-hydroxylation sites is 1. The second-order valence-electron chi connectivity index (χ2n) is 3.33. The number of benzene rings is 1. The minimum atomic E-state index is -0.361. The summed E-state index contributed by atoms with van der Waals surface area (Å²) in [6, 6.07) is 4.93. The number of esters is 1. The van der Waals surface area contributed by atoms with Gasteiger partial charge in [-0.25, -0.2) is 0 Å². The normalized spacial score (nSPS) is 10.3. The van der Waals surface area contributed by atoms with Gasteiger partial charge < -0.3 is 9.47 Å². The van der Waals surface area contributed by atoms with Gasteiger partial charge in [0, 0.05) is 19.6 Å². The fourth-order valence-electron chi connectivity index (χ4n) is 1.21. The van der Waals surface area contributed by atoms with Crippen LogP contribution >= 0.6 is 23.2 Å². The van der Waals surface area contributed by atoms with Crippen molar-refractivity contribution < 1.29 is 14.3 Å². The molecule has 0 spiro atoms. The van der Waals surface area contributed by atoms with Crippen LogP contribution in [0.15, 0.2) is 18.2 Å². The summed E-state index contributed by atoms with van der Waals surface area (Å²) >= 11 is 11.7.